The van der Waals surface area contributed by atoms with Crippen LogP contribution in [0.5, 0.6) is 0 Å². The Balaban J connectivity index is 1.96. The van der Waals surface area contributed by atoms with Crippen molar-refractivity contribution >= 4 is 11.9 Å². The second-order valence-corrected chi connectivity index (χ2v) is 7.52. The number of nitrogens with one attached hydrogen (secondary N) is 2. The van der Waals surface area contributed by atoms with Gasteiger partial charge >= 0.3 is 6.09 Å². The van der Waals surface area contributed by atoms with Gasteiger partial charge in [-0.25, -0.2) is 4.79 Å². The van der Waals surface area contributed by atoms with E-state index in [1.807, 2.05) is 27.8 Å². The molecular formula is C17H30N4O2. The molecule has 1 aliphatic carbocycles. The molecule has 1 saturated carbocycles. The zero-order valence-electron chi connectivity index (χ0n) is 15.0. The van der Waals surface area contributed by atoms with E-state index in [4.69, 9.17) is 4.74 Å². The molecule has 1 aliphatic rings. The van der Waals surface area contributed by atoms with Crippen LogP contribution >= 0.6 is 0 Å². The number of ether oxygens (including phenoxy) is 1. The minimum Gasteiger partial charge on any atom is -0.444 e. The Hall–Kier alpha value is -1.56. The first kappa shape index (κ1) is 17.8. The molecule has 2 unspecified atom stereocenters. The summed E-state index contributed by atoms with van der Waals surface area (Å²) in [4.78, 5) is 12.0. The monoisotopic (exact) mass is 322 g/mol. The zero-order chi connectivity index (χ0) is 17.0. The topological polar surface area (TPSA) is 68.2 Å². The summed E-state index contributed by atoms with van der Waals surface area (Å²) in [5.74, 6) is 1.39. The normalized spacial score (nSPS) is 22.0. The molecule has 6 nitrogen and oxygen atoms in total. The second-order valence-electron chi connectivity index (χ2n) is 7.52. The van der Waals surface area contributed by atoms with E-state index in [0.29, 0.717) is 24.3 Å². The van der Waals surface area contributed by atoms with Crippen molar-refractivity contribution in [3.63, 3.8) is 0 Å². The number of amides is 1. The molecule has 1 fully saturated rings. The van der Waals surface area contributed by atoms with Gasteiger partial charge in [-0.15, -0.1) is 0 Å². The van der Waals surface area contributed by atoms with Crippen molar-refractivity contribution in [1.82, 2.24) is 15.1 Å². The van der Waals surface area contributed by atoms with E-state index in [-0.39, 0.29) is 0 Å². The maximum atomic E-state index is 12.0. The first-order valence-corrected chi connectivity index (χ1v) is 8.50. The van der Waals surface area contributed by atoms with Gasteiger partial charge in [-0.2, -0.15) is 5.10 Å². The molecule has 0 saturated heterocycles. The van der Waals surface area contributed by atoms with E-state index < -0.39 is 11.7 Å². The molecule has 0 aromatic carbocycles. The molecule has 0 radical (unpaired) electrons. The highest BCUT2D eigenvalue weighted by atomic mass is 16.6. The van der Waals surface area contributed by atoms with Gasteiger partial charge in [0.15, 0.2) is 0 Å². The Bertz CT molecular complexity index is 533. The van der Waals surface area contributed by atoms with Crippen LogP contribution in [0.3, 0.4) is 0 Å². The molecule has 0 spiro atoms. The third-order valence-corrected chi connectivity index (χ3v) is 4.30. The van der Waals surface area contributed by atoms with Gasteiger partial charge in [-0.3, -0.25) is 10.00 Å². The Morgan fingerprint density at radius 2 is 2.09 bits per heavy atom. The molecule has 2 atom stereocenters. The molecule has 0 aliphatic heterocycles. The first-order chi connectivity index (χ1) is 10.8. The number of carbonyl (C=O) groups is 1. The van der Waals surface area contributed by atoms with Crippen LogP contribution in [-0.2, 0) is 18.3 Å². The van der Waals surface area contributed by atoms with Crippen LogP contribution in [-0.4, -0.2) is 27.5 Å². The van der Waals surface area contributed by atoms with Gasteiger partial charge in [0.1, 0.15) is 11.4 Å². The number of hydrogen-bond acceptors (Lipinski definition) is 4. The molecular weight excluding hydrogens is 292 g/mol. The van der Waals surface area contributed by atoms with Crippen LogP contribution in [0, 0.1) is 5.92 Å². The van der Waals surface area contributed by atoms with E-state index in [1.165, 1.54) is 25.7 Å². The summed E-state index contributed by atoms with van der Waals surface area (Å²) in [7, 11) is 1.82. The third-order valence-electron chi connectivity index (χ3n) is 4.30. The fourth-order valence-electron chi connectivity index (χ4n) is 3.03. The van der Waals surface area contributed by atoms with E-state index in [1.54, 1.807) is 10.9 Å². The molecule has 1 aromatic rings. The lowest BCUT2D eigenvalue weighted by atomic mass is 9.86. The molecule has 2 N–H and O–H groups in total. The lowest BCUT2D eigenvalue weighted by Crippen LogP contribution is -2.37. The Morgan fingerprint density at radius 1 is 1.39 bits per heavy atom. The van der Waals surface area contributed by atoms with Crippen LogP contribution in [0.25, 0.3) is 0 Å². The van der Waals surface area contributed by atoms with Gasteiger partial charge in [-0.05, 0) is 39.5 Å². The van der Waals surface area contributed by atoms with Gasteiger partial charge in [0.05, 0.1) is 6.20 Å². The minimum atomic E-state index is -0.515. The summed E-state index contributed by atoms with van der Waals surface area (Å²) in [6, 6.07) is 0.540. The summed E-state index contributed by atoms with van der Waals surface area (Å²) in [6.45, 7) is 8.56. The van der Waals surface area contributed by atoms with Crippen LogP contribution in [0.2, 0.25) is 0 Å². The highest BCUT2D eigenvalue weighted by molar-refractivity contribution is 5.84. The van der Waals surface area contributed by atoms with Gasteiger partial charge in [-0.1, -0.05) is 19.8 Å². The first-order valence-electron chi connectivity index (χ1n) is 8.50. The van der Waals surface area contributed by atoms with Gasteiger partial charge in [0, 0.05) is 25.2 Å². The van der Waals surface area contributed by atoms with Crippen molar-refractivity contribution in [3.8, 4) is 0 Å². The summed E-state index contributed by atoms with van der Waals surface area (Å²) >= 11 is 0. The number of anilines is 1. The molecule has 1 amide bonds. The summed E-state index contributed by atoms with van der Waals surface area (Å²) in [6.07, 6.45) is 6.47. The highest BCUT2D eigenvalue weighted by Crippen LogP contribution is 2.24. The van der Waals surface area contributed by atoms with Crippen molar-refractivity contribution in [2.24, 2.45) is 13.0 Å². The third kappa shape index (κ3) is 5.23. The van der Waals surface area contributed by atoms with Crippen LogP contribution < -0.4 is 10.6 Å². The highest BCUT2D eigenvalue weighted by Gasteiger charge is 2.22. The lowest BCUT2D eigenvalue weighted by Gasteiger charge is -2.29. The molecule has 130 valence electrons. The standard InChI is InChI=1S/C17H30N4O2/c1-12-8-6-7-9-14(12)18-10-13-11-19-21(5)15(13)20-16(22)23-17(2,3)4/h11-12,14,18H,6-10H2,1-5H3,(H,20,22). The molecule has 2 rings (SSSR count). The molecule has 6 heteroatoms. The van der Waals surface area contributed by atoms with E-state index >= 15 is 0 Å². The van der Waals surface area contributed by atoms with Gasteiger partial charge in [0.2, 0.25) is 0 Å². The van der Waals surface area contributed by atoms with Gasteiger partial charge < -0.3 is 10.1 Å². The maximum Gasteiger partial charge on any atom is 0.413 e. The van der Waals surface area contributed by atoms with Crippen LogP contribution in [0.15, 0.2) is 6.20 Å². The van der Waals surface area contributed by atoms with Crippen molar-refractivity contribution in [2.45, 2.75) is 71.6 Å². The Morgan fingerprint density at radius 3 is 2.74 bits per heavy atom. The molecule has 23 heavy (non-hydrogen) atoms. The second kappa shape index (κ2) is 7.34. The number of nitrogens with zero attached hydrogens (tertiary/aromatic N) is 2. The quantitative estimate of drug-likeness (QED) is 0.891. The Kier molecular flexibility index (Phi) is 5.68. The Labute approximate surface area is 139 Å². The number of aryl methyl sites for hydroxylation is 1. The average Bonchev–Trinajstić information content (AvgIpc) is 2.77. The number of carbonyl (C=O) groups excluding carboxylic acids is 1. The largest absolute Gasteiger partial charge is 0.444 e. The predicted octanol–water partition coefficient (Wildman–Crippen LogP) is 3.44. The maximum absolute atomic E-state index is 12.0. The summed E-state index contributed by atoms with van der Waals surface area (Å²) < 4.78 is 6.99. The molecule has 1 aromatic heterocycles. The van der Waals surface area contributed by atoms with Crippen molar-refractivity contribution in [1.29, 1.82) is 0 Å². The van der Waals surface area contributed by atoms with E-state index in [0.717, 1.165) is 5.56 Å². The van der Waals surface area contributed by atoms with Crippen molar-refractivity contribution < 1.29 is 9.53 Å². The molecule has 1 heterocycles. The predicted molar refractivity (Wildman–Crippen MR) is 91.3 cm³/mol. The van der Waals surface area contributed by atoms with E-state index in [9.17, 15) is 4.79 Å². The minimum absolute atomic E-state index is 0.451. The summed E-state index contributed by atoms with van der Waals surface area (Å²) in [5, 5.41) is 10.7. The van der Waals surface area contributed by atoms with Crippen molar-refractivity contribution in [2.75, 3.05) is 5.32 Å². The number of aromatic nitrogens is 2. The van der Waals surface area contributed by atoms with Crippen LogP contribution in [0.1, 0.15) is 58.9 Å². The van der Waals surface area contributed by atoms with Gasteiger partial charge in [0.25, 0.3) is 0 Å². The SMILES string of the molecule is CC1CCCCC1NCc1cnn(C)c1NC(=O)OC(C)(C)C. The zero-order valence-corrected chi connectivity index (χ0v) is 15.0. The number of hydrogen-bond donors (Lipinski definition) is 2. The van der Waals surface area contributed by atoms with Crippen molar-refractivity contribution in [3.05, 3.63) is 11.8 Å². The fourth-order valence-corrected chi connectivity index (χ4v) is 3.03. The summed E-state index contributed by atoms with van der Waals surface area (Å²) in [5.41, 5.74) is 0.467. The fraction of sp³-hybridized carbons (Fsp3) is 0.765. The molecule has 0 bridgehead atoms. The number of rotatable bonds is 4. The average molecular weight is 322 g/mol. The smallest absolute Gasteiger partial charge is 0.413 e. The van der Waals surface area contributed by atoms with Crippen LogP contribution in [0.4, 0.5) is 10.6 Å². The van der Waals surface area contributed by atoms with E-state index in [2.05, 4.69) is 22.7 Å². The lowest BCUT2D eigenvalue weighted by molar-refractivity contribution is 0.0634.